The minimum absolute atomic E-state index is 0.0610. The SMILES string of the molecule is C/C(=C\c1ccccc1)c1c(-c2ccccc2)ncn1[C@@H]1CCS(=O)(=O)C1. The Morgan fingerprint density at radius 1 is 1.07 bits per heavy atom. The first-order valence-corrected chi connectivity index (χ1v) is 10.9. The van der Waals surface area contributed by atoms with Crippen molar-refractivity contribution in [2.24, 2.45) is 0 Å². The molecule has 0 saturated carbocycles. The number of rotatable bonds is 4. The van der Waals surface area contributed by atoms with Gasteiger partial charge in [0, 0.05) is 5.56 Å². The number of benzene rings is 2. The van der Waals surface area contributed by atoms with Crippen LogP contribution in [0.2, 0.25) is 0 Å². The van der Waals surface area contributed by atoms with E-state index in [1.165, 1.54) is 0 Å². The second-order valence-electron chi connectivity index (χ2n) is 7.01. The summed E-state index contributed by atoms with van der Waals surface area (Å²) >= 11 is 0. The number of hydrogen-bond donors (Lipinski definition) is 0. The summed E-state index contributed by atoms with van der Waals surface area (Å²) < 4.78 is 26.1. The van der Waals surface area contributed by atoms with Crippen LogP contribution in [0.4, 0.5) is 0 Å². The van der Waals surface area contributed by atoms with Crippen molar-refractivity contribution in [3.8, 4) is 11.3 Å². The number of hydrogen-bond acceptors (Lipinski definition) is 3. The lowest BCUT2D eigenvalue weighted by molar-refractivity contribution is 0.550. The van der Waals surface area contributed by atoms with Gasteiger partial charge in [0.25, 0.3) is 0 Å². The zero-order valence-electron chi connectivity index (χ0n) is 15.2. The lowest BCUT2D eigenvalue weighted by Gasteiger charge is -2.16. The molecule has 2 heterocycles. The van der Waals surface area contributed by atoms with Crippen molar-refractivity contribution in [2.75, 3.05) is 11.5 Å². The minimum atomic E-state index is -2.97. The predicted molar refractivity (Wildman–Crippen MR) is 110 cm³/mol. The Hall–Kier alpha value is -2.66. The molecule has 3 aromatic rings. The third-order valence-electron chi connectivity index (χ3n) is 5.00. The standard InChI is InChI=1S/C22H22N2O2S/c1-17(14-18-8-4-2-5-9-18)22-21(19-10-6-3-7-11-19)23-16-24(22)20-12-13-27(25,26)15-20/h2-11,14,16,20H,12-13,15H2,1H3/b17-14+/t20-/m1/s1. The number of nitrogens with zero attached hydrogens (tertiary/aromatic N) is 2. The third kappa shape index (κ3) is 3.74. The van der Waals surface area contributed by atoms with E-state index in [-0.39, 0.29) is 17.5 Å². The number of aromatic nitrogens is 2. The molecule has 2 aromatic carbocycles. The largest absolute Gasteiger partial charge is 0.326 e. The van der Waals surface area contributed by atoms with E-state index in [1.807, 2.05) is 48.5 Å². The van der Waals surface area contributed by atoms with E-state index >= 15 is 0 Å². The van der Waals surface area contributed by atoms with Gasteiger partial charge in [0.1, 0.15) is 0 Å². The Balaban J connectivity index is 1.84. The summed E-state index contributed by atoms with van der Waals surface area (Å²) in [7, 11) is -2.97. The summed E-state index contributed by atoms with van der Waals surface area (Å²) in [6.45, 7) is 2.07. The molecule has 0 N–H and O–H groups in total. The first-order chi connectivity index (χ1) is 13.0. The van der Waals surface area contributed by atoms with Crippen LogP contribution in [0.5, 0.6) is 0 Å². The van der Waals surface area contributed by atoms with Gasteiger partial charge in [-0.3, -0.25) is 0 Å². The van der Waals surface area contributed by atoms with Crippen molar-refractivity contribution in [3.63, 3.8) is 0 Å². The molecule has 1 atom stereocenters. The fourth-order valence-electron chi connectivity index (χ4n) is 3.70. The molecule has 5 heteroatoms. The average molecular weight is 378 g/mol. The molecule has 4 nitrogen and oxygen atoms in total. The smallest absolute Gasteiger partial charge is 0.152 e. The number of sulfone groups is 1. The van der Waals surface area contributed by atoms with E-state index in [1.54, 1.807) is 6.33 Å². The van der Waals surface area contributed by atoms with E-state index in [0.717, 1.165) is 28.1 Å². The topological polar surface area (TPSA) is 52.0 Å². The molecule has 138 valence electrons. The van der Waals surface area contributed by atoms with E-state index < -0.39 is 9.84 Å². The van der Waals surface area contributed by atoms with Gasteiger partial charge in [0.15, 0.2) is 9.84 Å². The highest BCUT2D eigenvalue weighted by atomic mass is 32.2. The molecule has 0 amide bonds. The van der Waals surface area contributed by atoms with Crippen LogP contribution < -0.4 is 0 Å². The second kappa shape index (κ2) is 7.16. The van der Waals surface area contributed by atoms with Crippen molar-refractivity contribution in [3.05, 3.63) is 78.2 Å². The quantitative estimate of drug-likeness (QED) is 0.673. The van der Waals surface area contributed by atoms with Gasteiger partial charge in [0.2, 0.25) is 0 Å². The molecule has 0 bridgehead atoms. The van der Waals surface area contributed by atoms with Gasteiger partial charge < -0.3 is 4.57 Å². The predicted octanol–water partition coefficient (Wildman–Crippen LogP) is 4.47. The van der Waals surface area contributed by atoms with Crippen LogP contribution in [-0.4, -0.2) is 29.5 Å². The fraction of sp³-hybridized carbons (Fsp3) is 0.227. The number of allylic oxidation sites excluding steroid dienone is 1. The molecular weight excluding hydrogens is 356 g/mol. The summed E-state index contributed by atoms with van der Waals surface area (Å²) in [5.41, 5.74) is 5.10. The molecule has 0 spiro atoms. The molecule has 0 aliphatic carbocycles. The summed E-state index contributed by atoms with van der Waals surface area (Å²) in [6, 6.07) is 20.1. The Kier molecular flexibility index (Phi) is 4.70. The van der Waals surface area contributed by atoms with Gasteiger partial charge in [0.05, 0.1) is 35.3 Å². The maximum atomic E-state index is 12.0. The highest BCUT2D eigenvalue weighted by Crippen LogP contribution is 2.34. The van der Waals surface area contributed by atoms with Gasteiger partial charge in [-0.15, -0.1) is 0 Å². The molecule has 1 aliphatic rings. The van der Waals surface area contributed by atoms with Gasteiger partial charge >= 0.3 is 0 Å². The molecular formula is C22H22N2O2S. The third-order valence-corrected chi connectivity index (χ3v) is 6.75. The van der Waals surface area contributed by atoms with Gasteiger partial charge in [-0.25, -0.2) is 13.4 Å². The Bertz CT molecular complexity index is 1070. The van der Waals surface area contributed by atoms with Gasteiger partial charge in [-0.05, 0) is 30.6 Å². The van der Waals surface area contributed by atoms with Gasteiger partial charge in [-0.1, -0.05) is 60.7 Å². The van der Waals surface area contributed by atoms with Gasteiger partial charge in [-0.2, -0.15) is 0 Å². The van der Waals surface area contributed by atoms with Crippen molar-refractivity contribution < 1.29 is 8.42 Å². The summed E-state index contributed by atoms with van der Waals surface area (Å²) in [5.74, 6) is 0.431. The maximum absolute atomic E-state index is 12.0. The molecule has 1 fully saturated rings. The van der Waals surface area contributed by atoms with E-state index in [2.05, 4.69) is 34.7 Å². The lowest BCUT2D eigenvalue weighted by atomic mass is 10.0. The first kappa shape index (κ1) is 17.7. The molecule has 1 aromatic heterocycles. The molecule has 1 saturated heterocycles. The Morgan fingerprint density at radius 2 is 1.74 bits per heavy atom. The molecule has 1 aliphatic heterocycles. The summed E-state index contributed by atoms with van der Waals surface area (Å²) in [4.78, 5) is 4.67. The summed E-state index contributed by atoms with van der Waals surface area (Å²) in [5, 5.41) is 0. The number of imidazole rings is 1. The Morgan fingerprint density at radius 3 is 2.37 bits per heavy atom. The second-order valence-corrected chi connectivity index (χ2v) is 9.24. The normalized spacial score (nSPS) is 19.3. The van der Waals surface area contributed by atoms with Crippen molar-refractivity contribution in [2.45, 2.75) is 19.4 Å². The first-order valence-electron chi connectivity index (χ1n) is 9.10. The maximum Gasteiger partial charge on any atom is 0.152 e. The molecule has 4 rings (SSSR count). The van der Waals surface area contributed by atoms with Crippen LogP contribution in [0.25, 0.3) is 22.9 Å². The fourth-order valence-corrected chi connectivity index (χ4v) is 5.41. The zero-order valence-corrected chi connectivity index (χ0v) is 16.1. The zero-order chi connectivity index (χ0) is 18.9. The highest BCUT2D eigenvalue weighted by Gasteiger charge is 2.31. The van der Waals surface area contributed by atoms with Crippen LogP contribution in [0.15, 0.2) is 67.0 Å². The van der Waals surface area contributed by atoms with E-state index in [4.69, 9.17) is 0 Å². The lowest BCUT2D eigenvalue weighted by Crippen LogP contribution is -2.12. The molecule has 0 unspecified atom stereocenters. The van der Waals surface area contributed by atoms with Crippen LogP contribution in [0.3, 0.4) is 0 Å². The Labute approximate surface area is 160 Å². The van der Waals surface area contributed by atoms with Crippen LogP contribution in [0, 0.1) is 0 Å². The molecule has 27 heavy (non-hydrogen) atoms. The van der Waals surface area contributed by atoms with Crippen LogP contribution in [-0.2, 0) is 9.84 Å². The van der Waals surface area contributed by atoms with Crippen molar-refractivity contribution in [1.29, 1.82) is 0 Å². The summed E-state index contributed by atoms with van der Waals surface area (Å²) in [6.07, 6.45) is 4.56. The van der Waals surface area contributed by atoms with Crippen LogP contribution in [0.1, 0.15) is 30.6 Å². The molecule has 0 radical (unpaired) electrons. The average Bonchev–Trinajstić information content (AvgIpc) is 3.26. The van der Waals surface area contributed by atoms with E-state index in [0.29, 0.717) is 6.42 Å². The van der Waals surface area contributed by atoms with Crippen molar-refractivity contribution in [1.82, 2.24) is 9.55 Å². The van der Waals surface area contributed by atoms with Crippen molar-refractivity contribution >= 4 is 21.5 Å². The highest BCUT2D eigenvalue weighted by molar-refractivity contribution is 7.91. The minimum Gasteiger partial charge on any atom is -0.326 e. The monoisotopic (exact) mass is 378 g/mol. The van der Waals surface area contributed by atoms with Crippen LogP contribution >= 0.6 is 0 Å². The van der Waals surface area contributed by atoms with E-state index in [9.17, 15) is 8.42 Å².